The Kier molecular flexibility index (Phi) is 5.35. The Balaban J connectivity index is 1.76. The minimum Gasteiger partial charge on any atom is -0.497 e. The lowest BCUT2D eigenvalue weighted by molar-refractivity contribution is -0.173. The van der Waals surface area contributed by atoms with Gasteiger partial charge in [-0.15, -0.1) is 0 Å². The summed E-state index contributed by atoms with van der Waals surface area (Å²) in [6, 6.07) is 5.52. The molecule has 1 heterocycles. The van der Waals surface area contributed by atoms with Crippen molar-refractivity contribution in [2.24, 2.45) is 0 Å². The summed E-state index contributed by atoms with van der Waals surface area (Å²) in [6.45, 7) is -1.11. The lowest BCUT2D eigenvalue weighted by Crippen LogP contribution is -2.17. The smallest absolute Gasteiger partial charge is 0.411 e. The molecule has 1 N–H and O–H groups in total. The van der Waals surface area contributed by atoms with Gasteiger partial charge in [-0.1, -0.05) is 11.8 Å². The minimum absolute atomic E-state index is 0.0839. The van der Waals surface area contributed by atoms with Gasteiger partial charge in [0.1, 0.15) is 12.4 Å². The highest BCUT2D eigenvalue weighted by Gasteiger charge is 2.27. The molecule has 0 atom stereocenters. The van der Waals surface area contributed by atoms with Crippen LogP contribution in [0.3, 0.4) is 0 Å². The van der Waals surface area contributed by atoms with E-state index in [4.69, 9.17) is 4.74 Å². The van der Waals surface area contributed by atoms with E-state index in [1.165, 1.54) is 11.8 Å². The van der Waals surface area contributed by atoms with Crippen molar-refractivity contribution in [3.05, 3.63) is 18.2 Å². The van der Waals surface area contributed by atoms with Crippen molar-refractivity contribution in [1.29, 1.82) is 0 Å². The van der Waals surface area contributed by atoms with Gasteiger partial charge in [0.05, 0.1) is 18.1 Å². The van der Waals surface area contributed by atoms with Crippen LogP contribution < -0.4 is 4.74 Å². The van der Waals surface area contributed by atoms with Gasteiger partial charge < -0.3 is 14.5 Å². The lowest BCUT2D eigenvalue weighted by Gasteiger charge is -2.06. The van der Waals surface area contributed by atoms with Gasteiger partial charge >= 0.3 is 6.18 Å². The number of thioether (sulfide) groups is 1. The largest absolute Gasteiger partial charge is 0.497 e. The Morgan fingerprint density at radius 3 is 2.86 bits per heavy atom. The molecule has 0 saturated carbocycles. The summed E-state index contributed by atoms with van der Waals surface area (Å²) in [7, 11) is 1.59. The van der Waals surface area contributed by atoms with E-state index in [2.05, 4.69) is 14.7 Å². The Bertz CT molecular complexity index is 586. The van der Waals surface area contributed by atoms with Crippen molar-refractivity contribution in [2.45, 2.75) is 17.8 Å². The Morgan fingerprint density at radius 1 is 1.33 bits per heavy atom. The van der Waals surface area contributed by atoms with Crippen LogP contribution >= 0.6 is 11.8 Å². The number of aromatic nitrogens is 2. The Hall–Kier alpha value is -1.41. The molecular formula is C13H15F3N2O2S. The molecule has 0 radical (unpaired) electrons. The van der Waals surface area contributed by atoms with E-state index in [0.717, 1.165) is 21.9 Å². The number of alkyl halides is 3. The molecule has 2 aromatic rings. The van der Waals surface area contributed by atoms with E-state index in [1.807, 2.05) is 18.2 Å². The van der Waals surface area contributed by atoms with Gasteiger partial charge in [0.2, 0.25) is 0 Å². The predicted octanol–water partition coefficient (Wildman–Crippen LogP) is 3.63. The third kappa shape index (κ3) is 5.13. The number of methoxy groups -OCH3 is 1. The predicted molar refractivity (Wildman–Crippen MR) is 74.9 cm³/mol. The number of benzene rings is 1. The molecule has 0 aliphatic carbocycles. The number of halogens is 3. The molecule has 1 aromatic heterocycles. The fraction of sp³-hybridized carbons (Fsp3) is 0.462. The number of imidazole rings is 1. The van der Waals surface area contributed by atoms with Crippen molar-refractivity contribution in [3.8, 4) is 5.75 Å². The normalized spacial score (nSPS) is 12.0. The molecule has 0 unspecified atom stereocenters. The quantitative estimate of drug-likeness (QED) is 0.625. The maximum absolute atomic E-state index is 11.9. The summed E-state index contributed by atoms with van der Waals surface area (Å²) in [5.41, 5.74) is 1.69. The van der Waals surface area contributed by atoms with Gasteiger partial charge in [-0.3, -0.25) is 0 Å². The molecule has 0 aliphatic rings. The molecule has 0 aliphatic heterocycles. The van der Waals surface area contributed by atoms with Gasteiger partial charge in [0.25, 0.3) is 0 Å². The van der Waals surface area contributed by atoms with Crippen molar-refractivity contribution in [1.82, 2.24) is 9.97 Å². The molecule has 4 nitrogen and oxygen atoms in total. The first-order chi connectivity index (χ1) is 9.98. The number of hydrogen-bond acceptors (Lipinski definition) is 4. The number of nitrogens with zero attached hydrogens (tertiary/aromatic N) is 1. The first kappa shape index (κ1) is 16.0. The third-order valence-corrected chi connectivity index (χ3v) is 3.56. The molecule has 2 rings (SSSR count). The number of H-pyrrole nitrogens is 1. The standard InChI is InChI=1S/C13H15F3N2O2S/c1-19-9-3-4-10-11(7-9)18-12(17-10)21-6-2-5-20-8-13(14,15)16/h3-4,7H,2,5-6,8H2,1H3,(H,17,18). The van der Waals surface area contributed by atoms with Crippen LogP contribution in [0.4, 0.5) is 13.2 Å². The number of fused-ring (bicyclic) bond motifs is 1. The van der Waals surface area contributed by atoms with Gasteiger partial charge in [0, 0.05) is 18.4 Å². The second-order valence-electron chi connectivity index (χ2n) is 4.29. The average molecular weight is 320 g/mol. The summed E-state index contributed by atoms with van der Waals surface area (Å²) >= 11 is 1.45. The maximum Gasteiger partial charge on any atom is 0.411 e. The fourth-order valence-electron chi connectivity index (χ4n) is 1.68. The number of ether oxygens (including phenoxy) is 2. The zero-order valence-electron chi connectivity index (χ0n) is 11.4. The van der Waals surface area contributed by atoms with Crippen LogP contribution in [-0.4, -0.2) is 42.2 Å². The first-order valence-corrected chi connectivity index (χ1v) is 7.27. The molecule has 21 heavy (non-hydrogen) atoms. The topological polar surface area (TPSA) is 47.1 Å². The lowest BCUT2D eigenvalue weighted by atomic mass is 10.3. The SMILES string of the molecule is COc1ccc2nc(SCCCOCC(F)(F)F)[nH]c2c1. The molecule has 0 fully saturated rings. The van der Waals surface area contributed by atoms with E-state index >= 15 is 0 Å². The highest BCUT2D eigenvalue weighted by Crippen LogP contribution is 2.23. The minimum atomic E-state index is -4.26. The number of rotatable bonds is 7. The van der Waals surface area contributed by atoms with Crippen molar-refractivity contribution in [3.63, 3.8) is 0 Å². The zero-order valence-corrected chi connectivity index (χ0v) is 12.2. The van der Waals surface area contributed by atoms with Gasteiger partial charge in [-0.05, 0) is 18.6 Å². The highest BCUT2D eigenvalue weighted by atomic mass is 32.2. The maximum atomic E-state index is 11.9. The van der Waals surface area contributed by atoms with E-state index in [0.29, 0.717) is 12.2 Å². The molecule has 0 amide bonds. The number of aromatic amines is 1. The molecule has 116 valence electrons. The van der Waals surface area contributed by atoms with Gasteiger partial charge in [0.15, 0.2) is 5.16 Å². The van der Waals surface area contributed by atoms with Crippen LogP contribution in [0.25, 0.3) is 11.0 Å². The van der Waals surface area contributed by atoms with Crippen molar-refractivity contribution >= 4 is 22.8 Å². The summed E-state index contributed by atoms with van der Waals surface area (Å²) in [5.74, 6) is 1.37. The molecule has 1 aromatic carbocycles. The van der Waals surface area contributed by atoms with E-state index in [-0.39, 0.29) is 6.61 Å². The fourth-order valence-corrected chi connectivity index (χ4v) is 2.48. The summed E-state index contributed by atoms with van der Waals surface area (Å²) in [5, 5.41) is 0.731. The van der Waals surface area contributed by atoms with E-state index in [9.17, 15) is 13.2 Å². The molecule has 0 spiro atoms. The summed E-state index contributed by atoms with van der Waals surface area (Å²) in [4.78, 5) is 7.51. The van der Waals surface area contributed by atoms with Crippen LogP contribution in [0, 0.1) is 0 Å². The molecule has 0 saturated heterocycles. The highest BCUT2D eigenvalue weighted by molar-refractivity contribution is 7.99. The van der Waals surface area contributed by atoms with E-state index < -0.39 is 12.8 Å². The van der Waals surface area contributed by atoms with Gasteiger partial charge in [-0.2, -0.15) is 13.2 Å². The second-order valence-corrected chi connectivity index (χ2v) is 5.38. The van der Waals surface area contributed by atoms with E-state index in [1.54, 1.807) is 7.11 Å². The summed E-state index contributed by atoms with van der Waals surface area (Å²) in [6.07, 6.45) is -3.73. The van der Waals surface area contributed by atoms with Crippen molar-refractivity contribution in [2.75, 3.05) is 26.1 Å². The van der Waals surface area contributed by atoms with Gasteiger partial charge in [-0.25, -0.2) is 4.98 Å². The van der Waals surface area contributed by atoms with Crippen LogP contribution in [-0.2, 0) is 4.74 Å². The number of hydrogen-bond donors (Lipinski definition) is 1. The number of nitrogens with one attached hydrogen (secondary N) is 1. The molecule has 0 bridgehead atoms. The third-order valence-electron chi connectivity index (χ3n) is 2.60. The van der Waals surface area contributed by atoms with Crippen molar-refractivity contribution < 1.29 is 22.6 Å². The average Bonchev–Trinajstić information content (AvgIpc) is 2.83. The Labute approximate surface area is 124 Å². The van der Waals surface area contributed by atoms with Crippen LogP contribution in [0.15, 0.2) is 23.4 Å². The van der Waals surface area contributed by atoms with Crippen LogP contribution in [0.1, 0.15) is 6.42 Å². The first-order valence-electron chi connectivity index (χ1n) is 6.29. The second kappa shape index (κ2) is 7.04. The molecular weight excluding hydrogens is 305 g/mol. The van der Waals surface area contributed by atoms with Crippen LogP contribution in [0.2, 0.25) is 0 Å². The summed E-state index contributed by atoms with van der Waals surface area (Å²) < 4.78 is 45.2. The monoisotopic (exact) mass is 320 g/mol. The Morgan fingerprint density at radius 2 is 2.14 bits per heavy atom. The van der Waals surface area contributed by atoms with Crippen LogP contribution in [0.5, 0.6) is 5.75 Å². The molecule has 8 heteroatoms. The zero-order chi connectivity index (χ0) is 15.3.